The molecule has 0 radical (unpaired) electrons. The van der Waals surface area contributed by atoms with Crippen molar-refractivity contribution in [2.24, 2.45) is 0 Å². The first-order chi connectivity index (χ1) is 11.6. The van der Waals surface area contributed by atoms with Gasteiger partial charge < -0.3 is 15.2 Å². The van der Waals surface area contributed by atoms with Gasteiger partial charge in [0.1, 0.15) is 18.5 Å². The minimum absolute atomic E-state index is 0.133. The molecule has 6 heteroatoms. The summed E-state index contributed by atoms with van der Waals surface area (Å²) in [6, 6.07) is 14.0. The minimum Gasteiger partial charge on any atom is -0.480 e. The van der Waals surface area contributed by atoms with Crippen LogP contribution in [0.5, 0.6) is 0 Å². The number of aliphatic carboxylic acids is 1. The lowest BCUT2D eigenvalue weighted by Crippen LogP contribution is -2.44. The van der Waals surface area contributed by atoms with E-state index in [2.05, 4.69) is 5.32 Å². The molecule has 2 rings (SSSR count). The van der Waals surface area contributed by atoms with Crippen LogP contribution in [-0.4, -0.2) is 29.6 Å². The average molecular weight is 331 g/mol. The number of rotatable bonds is 8. The van der Waals surface area contributed by atoms with Crippen LogP contribution < -0.4 is 5.32 Å². The van der Waals surface area contributed by atoms with Gasteiger partial charge in [0.05, 0.1) is 6.61 Å². The summed E-state index contributed by atoms with van der Waals surface area (Å²) in [6.45, 7) is -0.0186. The van der Waals surface area contributed by atoms with Gasteiger partial charge in [0.2, 0.25) is 5.91 Å². The lowest BCUT2D eigenvalue weighted by atomic mass is 10.1. The Bertz CT molecular complexity index is 690. The molecule has 0 saturated heterocycles. The van der Waals surface area contributed by atoms with E-state index in [1.54, 1.807) is 6.07 Å². The van der Waals surface area contributed by atoms with Gasteiger partial charge >= 0.3 is 5.97 Å². The number of halogens is 1. The van der Waals surface area contributed by atoms with Crippen molar-refractivity contribution in [1.29, 1.82) is 0 Å². The van der Waals surface area contributed by atoms with E-state index in [4.69, 9.17) is 4.74 Å². The van der Waals surface area contributed by atoms with E-state index in [0.717, 1.165) is 5.56 Å². The summed E-state index contributed by atoms with van der Waals surface area (Å²) in [6.07, 6.45) is -0.133. The molecule has 0 bridgehead atoms. The van der Waals surface area contributed by atoms with Crippen molar-refractivity contribution in [1.82, 2.24) is 5.32 Å². The van der Waals surface area contributed by atoms with Crippen molar-refractivity contribution in [2.45, 2.75) is 19.1 Å². The molecule has 0 aliphatic rings. The lowest BCUT2D eigenvalue weighted by molar-refractivity contribution is -0.142. The molecule has 1 amide bonds. The van der Waals surface area contributed by atoms with E-state index >= 15 is 0 Å². The highest BCUT2D eigenvalue weighted by molar-refractivity contribution is 5.84. The van der Waals surface area contributed by atoms with Crippen LogP contribution in [-0.2, 0) is 27.4 Å². The molecule has 0 saturated carbocycles. The predicted octanol–water partition coefficient (Wildman–Crippen LogP) is 2.15. The number of benzene rings is 2. The fraction of sp³-hybridized carbons (Fsp3) is 0.222. The third-order valence-corrected chi connectivity index (χ3v) is 3.36. The third kappa shape index (κ3) is 5.48. The fourth-order valence-corrected chi connectivity index (χ4v) is 2.16. The Hall–Kier alpha value is -2.73. The Morgan fingerprint density at radius 3 is 2.42 bits per heavy atom. The molecule has 0 aliphatic heterocycles. The fourth-order valence-electron chi connectivity index (χ4n) is 2.16. The Morgan fingerprint density at radius 1 is 1.08 bits per heavy atom. The molecule has 0 aromatic heterocycles. The summed E-state index contributed by atoms with van der Waals surface area (Å²) < 4.78 is 18.9. The van der Waals surface area contributed by atoms with Crippen molar-refractivity contribution >= 4 is 11.9 Å². The van der Waals surface area contributed by atoms with E-state index in [9.17, 15) is 19.1 Å². The second kappa shape index (κ2) is 8.79. The Labute approximate surface area is 139 Å². The summed E-state index contributed by atoms with van der Waals surface area (Å²) in [7, 11) is 0. The van der Waals surface area contributed by atoms with Gasteiger partial charge in [-0.15, -0.1) is 0 Å². The zero-order valence-electron chi connectivity index (χ0n) is 12.9. The molecule has 0 heterocycles. The molecule has 0 fully saturated rings. The summed E-state index contributed by atoms with van der Waals surface area (Å²) >= 11 is 0. The van der Waals surface area contributed by atoms with E-state index in [1.165, 1.54) is 18.2 Å². The highest BCUT2D eigenvalue weighted by atomic mass is 19.1. The SMILES string of the molecule is O=C(COCc1ccccc1)N[C@@H](Cc1ccccc1F)C(=O)O. The topological polar surface area (TPSA) is 75.6 Å². The van der Waals surface area contributed by atoms with Gasteiger partial charge in [0.15, 0.2) is 0 Å². The predicted molar refractivity (Wildman–Crippen MR) is 85.8 cm³/mol. The van der Waals surface area contributed by atoms with Gasteiger partial charge in [-0.2, -0.15) is 0 Å². The molecule has 24 heavy (non-hydrogen) atoms. The van der Waals surface area contributed by atoms with Crippen LogP contribution in [0.3, 0.4) is 0 Å². The number of ether oxygens (including phenoxy) is 1. The molecular formula is C18H18FNO4. The van der Waals surface area contributed by atoms with Crippen LogP contribution in [0.25, 0.3) is 0 Å². The van der Waals surface area contributed by atoms with Crippen LogP contribution in [0.1, 0.15) is 11.1 Å². The molecule has 2 aromatic carbocycles. The third-order valence-electron chi connectivity index (χ3n) is 3.36. The molecule has 0 aliphatic carbocycles. The largest absolute Gasteiger partial charge is 0.480 e. The number of amides is 1. The first-order valence-corrected chi connectivity index (χ1v) is 7.43. The quantitative estimate of drug-likeness (QED) is 0.777. The van der Waals surface area contributed by atoms with Crippen LogP contribution in [0.2, 0.25) is 0 Å². The minimum atomic E-state index is -1.23. The number of nitrogens with one attached hydrogen (secondary N) is 1. The Kier molecular flexibility index (Phi) is 6.45. The van der Waals surface area contributed by atoms with Gasteiger partial charge in [-0.1, -0.05) is 48.5 Å². The summed E-state index contributed by atoms with van der Waals surface area (Å²) in [4.78, 5) is 23.1. The number of carbonyl (C=O) groups is 2. The molecule has 0 unspecified atom stereocenters. The second-order valence-corrected chi connectivity index (χ2v) is 5.23. The van der Waals surface area contributed by atoms with Crippen LogP contribution >= 0.6 is 0 Å². The zero-order chi connectivity index (χ0) is 17.4. The van der Waals surface area contributed by atoms with E-state index < -0.39 is 23.7 Å². The number of carboxylic acids is 1. The van der Waals surface area contributed by atoms with Gasteiger partial charge in [-0.3, -0.25) is 4.79 Å². The highest BCUT2D eigenvalue weighted by Gasteiger charge is 2.21. The Balaban J connectivity index is 1.85. The smallest absolute Gasteiger partial charge is 0.326 e. The molecule has 2 aromatic rings. The molecule has 5 nitrogen and oxygen atoms in total. The highest BCUT2D eigenvalue weighted by Crippen LogP contribution is 2.09. The van der Waals surface area contributed by atoms with E-state index in [0.29, 0.717) is 0 Å². The number of carboxylic acid groups (broad SMARTS) is 1. The number of carbonyl (C=O) groups excluding carboxylic acids is 1. The van der Waals surface area contributed by atoms with E-state index in [1.807, 2.05) is 30.3 Å². The normalized spacial score (nSPS) is 11.7. The maximum absolute atomic E-state index is 13.6. The average Bonchev–Trinajstić information content (AvgIpc) is 2.57. The van der Waals surface area contributed by atoms with Gasteiger partial charge in [-0.25, -0.2) is 9.18 Å². The van der Waals surface area contributed by atoms with Gasteiger partial charge in [0.25, 0.3) is 0 Å². The summed E-state index contributed by atoms with van der Waals surface area (Å²) in [5, 5.41) is 11.5. The number of hydrogen-bond acceptors (Lipinski definition) is 3. The standard InChI is InChI=1S/C18H18FNO4/c19-15-9-5-4-8-14(15)10-16(18(22)23)20-17(21)12-24-11-13-6-2-1-3-7-13/h1-9,16H,10-12H2,(H,20,21)(H,22,23)/t16-/m0/s1. The molecule has 2 N–H and O–H groups in total. The molecular weight excluding hydrogens is 313 g/mol. The first kappa shape index (κ1) is 17.6. The molecule has 126 valence electrons. The van der Waals surface area contributed by atoms with Crippen molar-refractivity contribution in [3.8, 4) is 0 Å². The number of hydrogen-bond donors (Lipinski definition) is 2. The summed E-state index contributed by atoms with van der Waals surface area (Å²) in [5.74, 6) is -2.29. The van der Waals surface area contributed by atoms with Gasteiger partial charge in [0, 0.05) is 6.42 Å². The van der Waals surface area contributed by atoms with Crippen molar-refractivity contribution < 1.29 is 23.8 Å². The lowest BCUT2D eigenvalue weighted by Gasteiger charge is -2.15. The van der Waals surface area contributed by atoms with Crippen LogP contribution in [0.15, 0.2) is 54.6 Å². The maximum Gasteiger partial charge on any atom is 0.326 e. The first-order valence-electron chi connectivity index (χ1n) is 7.43. The van der Waals surface area contributed by atoms with Crippen molar-refractivity contribution in [2.75, 3.05) is 6.61 Å². The Morgan fingerprint density at radius 2 is 1.75 bits per heavy atom. The van der Waals surface area contributed by atoms with Crippen LogP contribution in [0.4, 0.5) is 4.39 Å². The molecule has 0 spiro atoms. The maximum atomic E-state index is 13.6. The summed E-state index contributed by atoms with van der Waals surface area (Å²) in [5.41, 5.74) is 1.14. The van der Waals surface area contributed by atoms with E-state index in [-0.39, 0.29) is 25.2 Å². The second-order valence-electron chi connectivity index (χ2n) is 5.23. The van der Waals surface area contributed by atoms with Crippen molar-refractivity contribution in [3.05, 3.63) is 71.5 Å². The monoisotopic (exact) mass is 331 g/mol. The molecule has 1 atom stereocenters. The van der Waals surface area contributed by atoms with Gasteiger partial charge in [-0.05, 0) is 17.2 Å². The van der Waals surface area contributed by atoms with Crippen LogP contribution in [0, 0.1) is 5.82 Å². The zero-order valence-corrected chi connectivity index (χ0v) is 12.9. The van der Waals surface area contributed by atoms with Crippen molar-refractivity contribution in [3.63, 3.8) is 0 Å².